The van der Waals surface area contributed by atoms with Crippen LogP contribution >= 0.6 is 11.6 Å². The number of alkyl halides is 1. The Morgan fingerprint density at radius 1 is 1.09 bits per heavy atom. The zero-order valence-electron chi connectivity index (χ0n) is 11.8. The summed E-state index contributed by atoms with van der Waals surface area (Å²) in [4.78, 5) is 28.1. The normalized spacial score (nSPS) is 24.6. The van der Waals surface area contributed by atoms with Crippen molar-refractivity contribution in [1.82, 2.24) is 19.9 Å². The number of nitrogens with one attached hydrogen (secondary N) is 1. The van der Waals surface area contributed by atoms with Gasteiger partial charge in [-0.2, -0.15) is 0 Å². The second-order valence-corrected chi connectivity index (χ2v) is 6.58. The van der Waals surface area contributed by atoms with Crippen molar-refractivity contribution in [2.24, 2.45) is 5.41 Å². The predicted octanol–water partition coefficient (Wildman–Crippen LogP) is 2.42. The molecule has 0 aliphatic heterocycles. The molecule has 4 rings (SSSR count). The van der Waals surface area contributed by atoms with E-state index >= 15 is 0 Å². The summed E-state index contributed by atoms with van der Waals surface area (Å²) in [7, 11) is 0. The van der Waals surface area contributed by atoms with E-state index in [1.54, 1.807) is 30.9 Å². The summed E-state index contributed by atoms with van der Waals surface area (Å²) in [6.07, 6.45) is 10.4. The Bertz CT molecular complexity index is 716. The van der Waals surface area contributed by atoms with Crippen LogP contribution in [0.5, 0.6) is 0 Å². The zero-order chi connectivity index (χ0) is 15.2. The smallest absolute Gasteiger partial charge is 0.246 e. The topological polar surface area (TPSA) is 80.7 Å². The lowest BCUT2D eigenvalue weighted by Crippen LogP contribution is -2.34. The largest absolute Gasteiger partial charge is 0.322 e. The lowest BCUT2D eigenvalue weighted by atomic mass is 9.79. The number of aromatic nitrogens is 4. The average Bonchev–Trinajstić information content (AvgIpc) is 3.18. The minimum Gasteiger partial charge on any atom is -0.322 e. The molecule has 2 aliphatic rings. The molecule has 2 heterocycles. The molecule has 0 aromatic carbocycles. The Kier molecular flexibility index (Phi) is 2.91. The van der Waals surface area contributed by atoms with Crippen molar-refractivity contribution in [2.75, 3.05) is 5.32 Å². The summed E-state index contributed by atoms with van der Waals surface area (Å²) < 4.78 is 0. The quantitative estimate of drug-likeness (QED) is 0.880. The van der Waals surface area contributed by atoms with Crippen molar-refractivity contribution in [3.8, 4) is 11.6 Å². The number of halogens is 1. The van der Waals surface area contributed by atoms with Gasteiger partial charge in [-0.05, 0) is 25.3 Å². The molecule has 22 heavy (non-hydrogen) atoms. The molecule has 1 atom stereocenters. The van der Waals surface area contributed by atoms with Crippen LogP contribution in [-0.4, -0.2) is 30.7 Å². The first-order chi connectivity index (χ1) is 10.6. The number of carbonyl (C=O) groups is 1. The van der Waals surface area contributed by atoms with E-state index in [2.05, 4.69) is 25.3 Å². The maximum absolute atomic E-state index is 12.3. The minimum absolute atomic E-state index is 0.0390. The average molecular weight is 316 g/mol. The summed E-state index contributed by atoms with van der Waals surface area (Å²) in [5.74, 6) is 0.715. The lowest BCUT2D eigenvalue weighted by molar-refractivity contribution is -0.117. The van der Waals surface area contributed by atoms with Gasteiger partial charge in [0.15, 0.2) is 11.6 Å². The van der Waals surface area contributed by atoms with Gasteiger partial charge in [0.25, 0.3) is 0 Å². The molecular weight excluding hydrogens is 302 g/mol. The molecule has 7 heteroatoms. The zero-order valence-corrected chi connectivity index (χ0v) is 12.5. The van der Waals surface area contributed by atoms with Gasteiger partial charge in [0.2, 0.25) is 5.91 Å². The SMILES string of the molecule is O=C(Nc1cnc(-c2ncccn2)nc1)C1(Cl)CC12CCC2. The van der Waals surface area contributed by atoms with Gasteiger partial charge in [-0.1, -0.05) is 6.42 Å². The Morgan fingerprint density at radius 3 is 2.27 bits per heavy atom. The Balaban J connectivity index is 1.47. The van der Waals surface area contributed by atoms with E-state index in [9.17, 15) is 4.79 Å². The van der Waals surface area contributed by atoms with Crippen molar-refractivity contribution in [1.29, 1.82) is 0 Å². The molecule has 2 aromatic heterocycles. The van der Waals surface area contributed by atoms with Crippen molar-refractivity contribution in [3.63, 3.8) is 0 Å². The van der Waals surface area contributed by atoms with Gasteiger partial charge in [-0.3, -0.25) is 4.79 Å². The molecule has 1 N–H and O–H groups in total. The Labute approximate surface area is 132 Å². The molecule has 0 radical (unpaired) electrons. The fraction of sp³-hybridized carbons (Fsp3) is 0.400. The highest BCUT2D eigenvalue weighted by Gasteiger charge is 2.73. The monoisotopic (exact) mass is 315 g/mol. The fourth-order valence-corrected chi connectivity index (χ4v) is 3.56. The molecule has 2 fully saturated rings. The van der Waals surface area contributed by atoms with Crippen molar-refractivity contribution in [3.05, 3.63) is 30.9 Å². The van der Waals surface area contributed by atoms with Crippen LogP contribution in [0.3, 0.4) is 0 Å². The third-order valence-electron chi connectivity index (χ3n) is 4.64. The van der Waals surface area contributed by atoms with Gasteiger partial charge in [-0.25, -0.2) is 19.9 Å². The van der Waals surface area contributed by atoms with Crippen LogP contribution in [0.25, 0.3) is 11.6 Å². The first-order valence-electron chi connectivity index (χ1n) is 7.23. The Hall–Kier alpha value is -2.08. The standard InChI is InChI=1S/C15H14ClN5O/c16-15(9-14(15)3-1-4-14)13(22)21-10-7-19-12(20-8-10)11-17-5-2-6-18-11/h2,5-8H,1,3-4,9H2,(H,21,22). The number of hydrogen-bond donors (Lipinski definition) is 1. The minimum atomic E-state index is -0.744. The summed E-state index contributed by atoms with van der Waals surface area (Å²) in [5.41, 5.74) is 0.572. The van der Waals surface area contributed by atoms with Crippen LogP contribution in [0.1, 0.15) is 25.7 Å². The number of amides is 1. The number of carbonyl (C=O) groups excluding carboxylic acids is 1. The van der Waals surface area contributed by atoms with Crippen LogP contribution in [0.4, 0.5) is 5.69 Å². The summed E-state index contributed by atoms with van der Waals surface area (Å²) in [6, 6.07) is 1.73. The lowest BCUT2D eigenvalue weighted by Gasteiger charge is -2.28. The van der Waals surface area contributed by atoms with Gasteiger partial charge in [0, 0.05) is 17.8 Å². The molecule has 2 saturated carbocycles. The van der Waals surface area contributed by atoms with E-state index in [1.165, 1.54) is 0 Å². The van der Waals surface area contributed by atoms with Crippen molar-refractivity contribution < 1.29 is 4.79 Å². The van der Waals surface area contributed by atoms with Gasteiger partial charge < -0.3 is 5.32 Å². The van der Waals surface area contributed by atoms with Gasteiger partial charge in [0.05, 0.1) is 18.1 Å². The second-order valence-electron chi connectivity index (χ2n) is 5.93. The van der Waals surface area contributed by atoms with Gasteiger partial charge in [0.1, 0.15) is 4.87 Å². The van der Waals surface area contributed by atoms with Crippen LogP contribution in [0.15, 0.2) is 30.9 Å². The number of nitrogens with zero attached hydrogens (tertiary/aromatic N) is 4. The molecule has 0 bridgehead atoms. The third-order valence-corrected chi connectivity index (χ3v) is 5.35. The first kappa shape index (κ1) is 13.6. The number of hydrogen-bond acceptors (Lipinski definition) is 5. The maximum atomic E-state index is 12.3. The van der Waals surface area contributed by atoms with E-state index in [0.29, 0.717) is 17.3 Å². The molecule has 0 saturated heterocycles. The highest BCUT2D eigenvalue weighted by atomic mass is 35.5. The molecule has 2 aliphatic carbocycles. The van der Waals surface area contributed by atoms with E-state index in [0.717, 1.165) is 25.7 Å². The predicted molar refractivity (Wildman–Crippen MR) is 81.2 cm³/mol. The molecule has 1 amide bonds. The van der Waals surface area contributed by atoms with Gasteiger partial charge >= 0.3 is 0 Å². The molecule has 1 unspecified atom stereocenters. The highest BCUT2D eigenvalue weighted by Crippen LogP contribution is 2.71. The molecule has 112 valence electrons. The van der Waals surface area contributed by atoms with Crippen LogP contribution in [0, 0.1) is 5.41 Å². The van der Waals surface area contributed by atoms with Gasteiger partial charge in [-0.15, -0.1) is 11.6 Å². The number of rotatable bonds is 3. The highest BCUT2D eigenvalue weighted by molar-refractivity contribution is 6.40. The summed E-state index contributed by atoms with van der Waals surface area (Å²) in [6.45, 7) is 0. The Morgan fingerprint density at radius 2 is 1.73 bits per heavy atom. The summed E-state index contributed by atoms with van der Waals surface area (Å²) >= 11 is 6.46. The molecule has 6 nitrogen and oxygen atoms in total. The first-order valence-corrected chi connectivity index (χ1v) is 7.61. The third kappa shape index (κ3) is 1.98. The molecule has 2 aromatic rings. The fourth-order valence-electron chi connectivity index (χ4n) is 3.07. The van der Waals surface area contributed by atoms with E-state index in [-0.39, 0.29) is 11.3 Å². The number of anilines is 1. The maximum Gasteiger partial charge on any atom is 0.246 e. The molecule has 1 spiro atoms. The summed E-state index contributed by atoms with van der Waals surface area (Å²) in [5, 5.41) is 2.81. The second kappa shape index (κ2) is 4.71. The molecular formula is C15H14ClN5O. The van der Waals surface area contributed by atoms with Crippen molar-refractivity contribution >= 4 is 23.2 Å². The van der Waals surface area contributed by atoms with Crippen molar-refractivity contribution in [2.45, 2.75) is 30.6 Å². The van der Waals surface area contributed by atoms with Crippen LogP contribution < -0.4 is 5.32 Å². The van der Waals surface area contributed by atoms with E-state index < -0.39 is 4.87 Å². The van der Waals surface area contributed by atoms with E-state index in [1.807, 2.05) is 0 Å². The van der Waals surface area contributed by atoms with Crippen LogP contribution in [0.2, 0.25) is 0 Å². The van der Waals surface area contributed by atoms with E-state index in [4.69, 9.17) is 11.6 Å². The van der Waals surface area contributed by atoms with Crippen LogP contribution in [-0.2, 0) is 4.79 Å².